The second kappa shape index (κ2) is 9.65. The molecule has 4 rings (SSSR count). The first-order chi connectivity index (χ1) is 16.2. The highest BCUT2D eigenvalue weighted by molar-refractivity contribution is 7.10. The van der Waals surface area contributed by atoms with Crippen LogP contribution in [-0.2, 0) is 9.59 Å². The van der Waals surface area contributed by atoms with Crippen molar-refractivity contribution in [1.29, 1.82) is 0 Å². The van der Waals surface area contributed by atoms with Gasteiger partial charge in [-0.3, -0.25) is 14.5 Å². The second-order valence-corrected chi connectivity index (χ2v) is 10.2. The number of carbonyl (C=O) groups excluding carboxylic acids is 2. The van der Waals surface area contributed by atoms with Crippen LogP contribution in [0.2, 0.25) is 5.02 Å². The Morgan fingerprint density at radius 2 is 1.88 bits per heavy atom. The molecule has 5 nitrogen and oxygen atoms in total. The van der Waals surface area contributed by atoms with Crippen LogP contribution in [0.4, 0.5) is 5.69 Å². The van der Waals surface area contributed by atoms with Gasteiger partial charge >= 0.3 is 0 Å². The topological polar surface area (TPSA) is 66.8 Å². The number of halogens is 1. The molecule has 3 aromatic rings. The third-order valence-corrected chi connectivity index (χ3v) is 7.04. The lowest BCUT2D eigenvalue weighted by Gasteiger charge is -2.24. The maximum atomic E-state index is 13.2. The third-order valence-electron chi connectivity index (χ3n) is 5.71. The fraction of sp³-hybridized carbons (Fsp3) is 0.259. The van der Waals surface area contributed by atoms with Gasteiger partial charge in [0.25, 0.3) is 11.7 Å². The summed E-state index contributed by atoms with van der Waals surface area (Å²) < 4.78 is 5.83. The van der Waals surface area contributed by atoms with E-state index >= 15 is 0 Å². The molecule has 0 bridgehead atoms. The maximum Gasteiger partial charge on any atom is 0.300 e. The molecule has 176 valence electrons. The first-order valence-electron chi connectivity index (χ1n) is 11.0. The molecule has 1 aromatic heterocycles. The van der Waals surface area contributed by atoms with E-state index in [0.717, 1.165) is 21.8 Å². The van der Waals surface area contributed by atoms with Crippen LogP contribution in [0.15, 0.2) is 59.5 Å². The lowest BCUT2D eigenvalue weighted by Crippen LogP contribution is -2.29. The van der Waals surface area contributed by atoms with Crippen LogP contribution in [0.1, 0.15) is 41.5 Å². The molecule has 2 aromatic carbocycles. The van der Waals surface area contributed by atoms with Crippen molar-refractivity contribution in [3.63, 3.8) is 0 Å². The first kappa shape index (κ1) is 24.0. The van der Waals surface area contributed by atoms with Gasteiger partial charge in [0.1, 0.15) is 17.6 Å². The fourth-order valence-electron chi connectivity index (χ4n) is 3.92. The van der Waals surface area contributed by atoms with E-state index in [9.17, 15) is 14.7 Å². The van der Waals surface area contributed by atoms with Crippen LogP contribution in [0.3, 0.4) is 0 Å². The molecule has 0 spiro atoms. The summed E-state index contributed by atoms with van der Waals surface area (Å²) in [5.41, 5.74) is 2.71. The molecule has 1 saturated heterocycles. The van der Waals surface area contributed by atoms with Gasteiger partial charge in [-0.05, 0) is 72.7 Å². The van der Waals surface area contributed by atoms with Crippen LogP contribution >= 0.6 is 22.9 Å². The Labute approximate surface area is 208 Å². The van der Waals surface area contributed by atoms with Crippen molar-refractivity contribution in [1.82, 2.24) is 0 Å². The van der Waals surface area contributed by atoms with Gasteiger partial charge in [0.15, 0.2) is 0 Å². The standard InChI is InChI=1S/C27H26ClNO4S/c1-15(2)14-33-21-10-8-18(12-17(21)4)25(30)23-24(22-6-5-11-34-22)29(27(32)26(23)31)19-9-7-16(3)20(28)13-19/h5-13,15,24,30H,14H2,1-4H3/b25-23-. The van der Waals surface area contributed by atoms with Crippen LogP contribution in [0, 0.1) is 19.8 Å². The number of aryl methyl sites for hydroxylation is 2. The largest absolute Gasteiger partial charge is 0.507 e. The highest BCUT2D eigenvalue weighted by Gasteiger charge is 2.47. The number of rotatable bonds is 6. The van der Waals surface area contributed by atoms with Crippen LogP contribution < -0.4 is 9.64 Å². The van der Waals surface area contributed by atoms with Crippen molar-refractivity contribution >= 4 is 46.1 Å². The van der Waals surface area contributed by atoms with Crippen molar-refractivity contribution in [2.75, 3.05) is 11.5 Å². The Hall–Kier alpha value is -3.09. The number of hydrogen-bond acceptors (Lipinski definition) is 5. The normalized spacial score (nSPS) is 17.6. The van der Waals surface area contributed by atoms with Crippen molar-refractivity contribution < 1.29 is 19.4 Å². The lowest BCUT2D eigenvalue weighted by atomic mass is 9.98. The number of anilines is 1. The highest BCUT2D eigenvalue weighted by atomic mass is 35.5. The molecular formula is C27H26ClNO4S. The van der Waals surface area contributed by atoms with E-state index in [1.807, 2.05) is 37.4 Å². The number of amides is 1. The zero-order valence-corrected chi connectivity index (χ0v) is 21.0. The average Bonchev–Trinajstić information content (AvgIpc) is 3.41. The summed E-state index contributed by atoms with van der Waals surface area (Å²) in [6.45, 7) is 8.47. The number of nitrogens with zero attached hydrogens (tertiary/aromatic N) is 1. The number of ketones is 1. The van der Waals surface area contributed by atoms with Gasteiger partial charge in [-0.1, -0.05) is 37.6 Å². The molecule has 1 N–H and O–H groups in total. The van der Waals surface area contributed by atoms with E-state index in [2.05, 4.69) is 13.8 Å². The molecule has 1 aliphatic heterocycles. The molecule has 1 aliphatic rings. The summed E-state index contributed by atoms with van der Waals surface area (Å²) in [6, 6.07) is 13.5. The molecule has 0 saturated carbocycles. The SMILES string of the molecule is Cc1ccc(N2C(=O)C(=O)/C(=C(\O)c3ccc(OCC(C)C)c(C)c3)C2c2cccs2)cc1Cl. The molecule has 7 heteroatoms. The van der Waals surface area contributed by atoms with Gasteiger partial charge in [-0.15, -0.1) is 11.3 Å². The number of hydrogen-bond donors (Lipinski definition) is 1. The van der Waals surface area contributed by atoms with E-state index in [-0.39, 0.29) is 11.3 Å². The van der Waals surface area contributed by atoms with E-state index in [0.29, 0.717) is 28.8 Å². The van der Waals surface area contributed by atoms with Gasteiger partial charge in [0, 0.05) is 21.2 Å². The Bertz CT molecular complexity index is 1280. The minimum atomic E-state index is -0.754. The van der Waals surface area contributed by atoms with Gasteiger partial charge in [-0.2, -0.15) is 0 Å². The summed E-state index contributed by atoms with van der Waals surface area (Å²) in [5, 5.41) is 13.7. The summed E-state index contributed by atoms with van der Waals surface area (Å²) in [4.78, 5) is 28.6. The highest BCUT2D eigenvalue weighted by Crippen LogP contribution is 2.44. The number of ether oxygens (including phenoxy) is 1. The molecule has 1 fully saturated rings. The third kappa shape index (κ3) is 4.48. The van der Waals surface area contributed by atoms with Crippen molar-refractivity contribution in [3.05, 3.63) is 86.1 Å². The van der Waals surface area contributed by atoms with Crippen LogP contribution in [0.5, 0.6) is 5.75 Å². The number of Topliss-reactive ketones (excluding diaryl/α,β-unsaturated/α-hetero) is 1. The molecule has 0 radical (unpaired) electrons. The number of aliphatic hydroxyl groups is 1. The van der Waals surface area contributed by atoms with Gasteiger partial charge in [0.2, 0.25) is 0 Å². The Morgan fingerprint density at radius 3 is 2.50 bits per heavy atom. The van der Waals surface area contributed by atoms with Crippen molar-refractivity contribution in [3.8, 4) is 5.75 Å². The van der Waals surface area contributed by atoms with Crippen molar-refractivity contribution in [2.24, 2.45) is 5.92 Å². The molecule has 0 aliphatic carbocycles. The number of benzene rings is 2. The molecule has 1 unspecified atom stereocenters. The number of carbonyl (C=O) groups is 2. The van der Waals surface area contributed by atoms with Crippen LogP contribution in [-0.4, -0.2) is 23.4 Å². The first-order valence-corrected chi connectivity index (χ1v) is 12.3. The number of thiophene rings is 1. The zero-order valence-electron chi connectivity index (χ0n) is 19.5. The molecule has 2 heterocycles. The van der Waals surface area contributed by atoms with Gasteiger partial charge in [0.05, 0.1) is 12.2 Å². The lowest BCUT2D eigenvalue weighted by molar-refractivity contribution is -0.132. The average molecular weight is 496 g/mol. The maximum absolute atomic E-state index is 13.2. The fourth-order valence-corrected chi connectivity index (χ4v) is 4.92. The molecule has 34 heavy (non-hydrogen) atoms. The number of aliphatic hydroxyl groups excluding tert-OH is 1. The van der Waals surface area contributed by atoms with Crippen LogP contribution in [0.25, 0.3) is 5.76 Å². The second-order valence-electron chi connectivity index (χ2n) is 8.80. The quantitative estimate of drug-likeness (QED) is 0.235. The van der Waals surface area contributed by atoms with E-state index in [4.69, 9.17) is 16.3 Å². The van der Waals surface area contributed by atoms with E-state index in [1.54, 1.807) is 30.3 Å². The Balaban J connectivity index is 1.82. The summed E-state index contributed by atoms with van der Waals surface area (Å²) in [7, 11) is 0. The summed E-state index contributed by atoms with van der Waals surface area (Å²) in [5.74, 6) is -0.547. The van der Waals surface area contributed by atoms with Gasteiger partial charge < -0.3 is 9.84 Å². The zero-order chi connectivity index (χ0) is 24.6. The monoisotopic (exact) mass is 495 g/mol. The minimum Gasteiger partial charge on any atom is -0.507 e. The minimum absolute atomic E-state index is 0.0550. The van der Waals surface area contributed by atoms with E-state index < -0.39 is 17.7 Å². The molecule has 1 amide bonds. The summed E-state index contributed by atoms with van der Waals surface area (Å²) >= 11 is 7.74. The smallest absolute Gasteiger partial charge is 0.300 e. The van der Waals surface area contributed by atoms with E-state index in [1.165, 1.54) is 16.2 Å². The summed E-state index contributed by atoms with van der Waals surface area (Å²) in [6.07, 6.45) is 0. The van der Waals surface area contributed by atoms with Crippen molar-refractivity contribution in [2.45, 2.75) is 33.7 Å². The Kier molecular flexibility index (Phi) is 6.82. The predicted molar refractivity (Wildman–Crippen MR) is 137 cm³/mol. The molecule has 1 atom stereocenters. The predicted octanol–water partition coefficient (Wildman–Crippen LogP) is 6.68. The molecular weight excluding hydrogens is 470 g/mol. The Morgan fingerprint density at radius 1 is 1.12 bits per heavy atom. The van der Waals surface area contributed by atoms with Gasteiger partial charge in [-0.25, -0.2) is 0 Å².